The summed E-state index contributed by atoms with van der Waals surface area (Å²) in [6.07, 6.45) is 1.73. The molecule has 2 heterocycles. The molecule has 3 nitrogen and oxygen atoms in total. The molecule has 24 heavy (non-hydrogen) atoms. The summed E-state index contributed by atoms with van der Waals surface area (Å²) in [5, 5.41) is 9.06. The Hall–Kier alpha value is -2.24. The van der Waals surface area contributed by atoms with Gasteiger partial charge in [0.1, 0.15) is 11.2 Å². The van der Waals surface area contributed by atoms with Gasteiger partial charge in [-0.25, -0.2) is 4.79 Å². The number of thiophene rings is 2. The summed E-state index contributed by atoms with van der Waals surface area (Å²) >= 11 is 2.93. The predicted molar refractivity (Wildman–Crippen MR) is 99.5 cm³/mol. The van der Waals surface area contributed by atoms with Crippen molar-refractivity contribution in [2.45, 2.75) is 20.3 Å². The first-order chi connectivity index (χ1) is 11.5. The molecule has 2 aromatic heterocycles. The minimum Gasteiger partial charge on any atom is -0.477 e. The second-order valence-corrected chi connectivity index (χ2v) is 7.58. The molecular formula is C19H16O3S2. The molecule has 0 fully saturated rings. The van der Waals surface area contributed by atoms with Gasteiger partial charge in [0.25, 0.3) is 0 Å². The molecule has 0 aliphatic rings. The highest BCUT2D eigenvalue weighted by molar-refractivity contribution is 7.24. The van der Waals surface area contributed by atoms with Crippen LogP contribution in [0.5, 0.6) is 0 Å². The lowest BCUT2D eigenvalue weighted by Gasteiger charge is -2.11. The molecule has 0 bridgehead atoms. The SMILES string of the molecule is CCc1c(C=O)ccc(-c2ccc(-c3ccc(C(=O)O)s3)s2)c1C. The fourth-order valence-electron chi connectivity index (χ4n) is 2.82. The third kappa shape index (κ3) is 2.92. The Morgan fingerprint density at radius 2 is 1.71 bits per heavy atom. The highest BCUT2D eigenvalue weighted by Crippen LogP contribution is 2.39. The van der Waals surface area contributed by atoms with Gasteiger partial charge in [-0.2, -0.15) is 0 Å². The van der Waals surface area contributed by atoms with Crippen molar-refractivity contribution in [2.24, 2.45) is 0 Å². The Kier molecular flexibility index (Phi) is 4.64. The number of carboxylic acids is 1. The molecule has 0 atom stereocenters. The predicted octanol–water partition coefficient (Wildman–Crippen LogP) is 5.53. The molecular weight excluding hydrogens is 340 g/mol. The zero-order valence-corrected chi connectivity index (χ0v) is 15.0. The van der Waals surface area contributed by atoms with E-state index >= 15 is 0 Å². The van der Waals surface area contributed by atoms with Crippen LogP contribution in [-0.2, 0) is 6.42 Å². The van der Waals surface area contributed by atoms with Gasteiger partial charge < -0.3 is 5.11 Å². The molecule has 0 aliphatic heterocycles. The third-order valence-electron chi connectivity index (χ3n) is 4.05. The first-order valence-corrected chi connectivity index (χ1v) is 9.19. The van der Waals surface area contributed by atoms with Crippen LogP contribution >= 0.6 is 22.7 Å². The van der Waals surface area contributed by atoms with Crippen molar-refractivity contribution >= 4 is 34.9 Å². The van der Waals surface area contributed by atoms with E-state index in [4.69, 9.17) is 5.11 Å². The second-order valence-electron chi connectivity index (χ2n) is 5.41. The van der Waals surface area contributed by atoms with E-state index in [1.54, 1.807) is 17.4 Å². The number of rotatable bonds is 5. The summed E-state index contributed by atoms with van der Waals surface area (Å²) in [5.74, 6) is -0.893. The maximum atomic E-state index is 11.2. The lowest BCUT2D eigenvalue weighted by molar-refractivity contribution is 0.0702. The van der Waals surface area contributed by atoms with Gasteiger partial charge in [-0.1, -0.05) is 19.1 Å². The average molecular weight is 356 g/mol. The van der Waals surface area contributed by atoms with Gasteiger partial charge in [0.2, 0.25) is 0 Å². The van der Waals surface area contributed by atoms with Gasteiger partial charge in [-0.15, -0.1) is 22.7 Å². The van der Waals surface area contributed by atoms with E-state index in [2.05, 4.69) is 13.0 Å². The molecule has 1 aromatic carbocycles. The second kappa shape index (κ2) is 6.71. The van der Waals surface area contributed by atoms with Crippen molar-refractivity contribution in [3.8, 4) is 20.2 Å². The van der Waals surface area contributed by atoms with Crippen LogP contribution in [0.15, 0.2) is 36.4 Å². The van der Waals surface area contributed by atoms with Crippen LogP contribution in [0.2, 0.25) is 0 Å². The Morgan fingerprint density at radius 1 is 1.04 bits per heavy atom. The van der Waals surface area contributed by atoms with Gasteiger partial charge in [0, 0.05) is 20.2 Å². The molecule has 0 unspecified atom stereocenters. The number of benzene rings is 1. The molecule has 3 rings (SSSR count). The van der Waals surface area contributed by atoms with Crippen molar-refractivity contribution in [3.63, 3.8) is 0 Å². The van der Waals surface area contributed by atoms with Crippen LogP contribution in [0.4, 0.5) is 0 Å². The Morgan fingerprint density at radius 3 is 2.33 bits per heavy atom. The molecule has 0 spiro atoms. The molecule has 5 heteroatoms. The monoisotopic (exact) mass is 356 g/mol. The van der Waals surface area contributed by atoms with Gasteiger partial charge in [0.05, 0.1) is 0 Å². The van der Waals surface area contributed by atoms with Crippen LogP contribution in [0.1, 0.15) is 38.1 Å². The van der Waals surface area contributed by atoms with E-state index in [0.29, 0.717) is 4.88 Å². The highest BCUT2D eigenvalue weighted by Gasteiger charge is 2.14. The lowest BCUT2D eigenvalue weighted by Crippen LogP contribution is -1.96. The van der Waals surface area contributed by atoms with Crippen LogP contribution in [-0.4, -0.2) is 17.4 Å². The average Bonchev–Trinajstić information content (AvgIpc) is 3.23. The van der Waals surface area contributed by atoms with Crippen molar-refractivity contribution in [2.75, 3.05) is 0 Å². The van der Waals surface area contributed by atoms with Crippen LogP contribution in [0.3, 0.4) is 0 Å². The van der Waals surface area contributed by atoms with Gasteiger partial charge in [-0.3, -0.25) is 4.79 Å². The van der Waals surface area contributed by atoms with Crippen molar-refractivity contribution in [1.29, 1.82) is 0 Å². The van der Waals surface area contributed by atoms with E-state index in [1.165, 1.54) is 11.3 Å². The molecule has 1 N–H and O–H groups in total. The maximum Gasteiger partial charge on any atom is 0.345 e. The number of carbonyl (C=O) groups is 2. The smallest absolute Gasteiger partial charge is 0.345 e. The summed E-state index contributed by atoms with van der Waals surface area (Å²) in [6.45, 7) is 4.10. The Balaban J connectivity index is 2.01. The summed E-state index contributed by atoms with van der Waals surface area (Å²) in [4.78, 5) is 25.7. The molecule has 3 aromatic rings. The van der Waals surface area contributed by atoms with Crippen LogP contribution < -0.4 is 0 Å². The normalized spacial score (nSPS) is 10.8. The first-order valence-electron chi connectivity index (χ1n) is 7.56. The minimum absolute atomic E-state index is 0.347. The molecule has 122 valence electrons. The third-order valence-corrected chi connectivity index (χ3v) is 6.43. The number of hydrogen-bond acceptors (Lipinski definition) is 4. The molecule has 0 aliphatic carbocycles. The number of carbonyl (C=O) groups excluding carboxylic acids is 1. The molecule has 0 amide bonds. The lowest BCUT2D eigenvalue weighted by atomic mass is 9.95. The van der Waals surface area contributed by atoms with Crippen molar-refractivity contribution in [3.05, 3.63) is 58.0 Å². The number of aldehydes is 1. The number of carboxylic acid groups (broad SMARTS) is 1. The summed E-state index contributed by atoms with van der Waals surface area (Å²) in [7, 11) is 0. The maximum absolute atomic E-state index is 11.2. The van der Waals surface area contributed by atoms with Gasteiger partial charge in [0.15, 0.2) is 0 Å². The quantitative estimate of drug-likeness (QED) is 0.612. The van der Waals surface area contributed by atoms with Gasteiger partial charge >= 0.3 is 5.97 Å². The van der Waals surface area contributed by atoms with Crippen molar-refractivity contribution in [1.82, 2.24) is 0 Å². The number of aromatic carboxylic acids is 1. The number of hydrogen-bond donors (Lipinski definition) is 1. The molecule has 0 radical (unpaired) electrons. The van der Waals surface area contributed by atoms with E-state index in [-0.39, 0.29) is 0 Å². The summed E-state index contributed by atoms with van der Waals surface area (Å²) in [6, 6.07) is 11.4. The summed E-state index contributed by atoms with van der Waals surface area (Å²) in [5.41, 5.74) is 4.10. The Labute approximate surface area is 148 Å². The fraction of sp³-hybridized carbons (Fsp3) is 0.158. The van der Waals surface area contributed by atoms with E-state index < -0.39 is 5.97 Å². The topological polar surface area (TPSA) is 54.4 Å². The molecule has 0 saturated heterocycles. The first kappa shape index (κ1) is 16.6. The zero-order chi connectivity index (χ0) is 17.3. The van der Waals surface area contributed by atoms with Crippen molar-refractivity contribution < 1.29 is 14.7 Å². The standard InChI is InChI=1S/C19H16O3S2/c1-3-13-11(2)14(5-4-12(13)10-20)15-6-7-16(23-15)17-8-9-18(24-17)19(21)22/h4-10H,3H2,1-2H3,(H,21,22). The van der Waals surface area contributed by atoms with Crippen LogP contribution in [0.25, 0.3) is 20.2 Å². The van der Waals surface area contributed by atoms with Gasteiger partial charge in [-0.05, 0) is 54.3 Å². The molecule has 0 saturated carbocycles. The Bertz CT molecular complexity index is 919. The van der Waals surface area contributed by atoms with E-state index in [0.717, 1.165) is 49.6 Å². The summed E-state index contributed by atoms with van der Waals surface area (Å²) < 4.78 is 0. The minimum atomic E-state index is -0.893. The van der Waals surface area contributed by atoms with Crippen LogP contribution in [0, 0.1) is 6.92 Å². The van der Waals surface area contributed by atoms with E-state index in [1.807, 2.05) is 31.2 Å². The fourth-order valence-corrected chi connectivity index (χ4v) is 4.85. The van der Waals surface area contributed by atoms with E-state index in [9.17, 15) is 9.59 Å². The highest BCUT2D eigenvalue weighted by atomic mass is 32.1. The zero-order valence-electron chi connectivity index (χ0n) is 13.3. The largest absolute Gasteiger partial charge is 0.477 e.